The summed E-state index contributed by atoms with van der Waals surface area (Å²) in [5.74, 6) is 1.18. The van der Waals surface area contributed by atoms with Crippen LogP contribution in [0.1, 0.15) is 53.5 Å². The average Bonchev–Trinajstić information content (AvgIpc) is 3.44. The Hall–Kier alpha value is -3.00. The zero-order valence-corrected chi connectivity index (χ0v) is 16.5. The van der Waals surface area contributed by atoms with Crippen LogP contribution in [0.5, 0.6) is 0 Å². The molecule has 1 amide bonds. The Labute approximate surface area is 169 Å². The third kappa shape index (κ3) is 4.54. The molecule has 1 aliphatic rings. The van der Waals surface area contributed by atoms with Crippen molar-refractivity contribution in [2.24, 2.45) is 0 Å². The van der Waals surface area contributed by atoms with Crippen LogP contribution >= 0.6 is 0 Å². The number of ether oxygens (including phenoxy) is 1. The van der Waals surface area contributed by atoms with E-state index in [0.717, 1.165) is 24.9 Å². The molecule has 4 rings (SSSR count). The Morgan fingerprint density at radius 3 is 2.93 bits per heavy atom. The molecular weight excluding hydrogens is 370 g/mol. The first-order valence-corrected chi connectivity index (χ1v) is 10.00. The highest BCUT2D eigenvalue weighted by Gasteiger charge is 2.29. The maximum absolute atomic E-state index is 12.9. The van der Waals surface area contributed by atoms with E-state index in [-0.39, 0.29) is 18.4 Å². The summed E-state index contributed by atoms with van der Waals surface area (Å²) in [7, 11) is 0. The number of hydrogen-bond donors (Lipinski definition) is 0. The fourth-order valence-electron chi connectivity index (χ4n) is 3.62. The summed E-state index contributed by atoms with van der Waals surface area (Å²) in [5.41, 5.74) is 1.72. The third-order valence-corrected chi connectivity index (χ3v) is 5.13. The Bertz CT molecular complexity index is 937. The van der Waals surface area contributed by atoms with Gasteiger partial charge in [0, 0.05) is 31.7 Å². The Morgan fingerprint density at radius 2 is 2.10 bits per heavy atom. The second-order valence-corrected chi connectivity index (χ2v) is 7.15. The van der Waals surface area contributed by atoms with E-state index in [4.69, 9.17) is 9.26 Å². The fraction of sp³-hybridized carbons (Fsp3) is 0.429. The summed E-state index contributed by atoms with van der Waals surface area (Å²) < 4.78 is 12.8. The Kier molecular flexibility index (Phi) is 6.00. The molecule has 29 heavy (non-hydrogen) atoms. The van der Waals surface area contributed by atoms with Gasteiger partial charge in [0.05, 0.1) is 6.61 Å². The van der Waals surface area contributed by atoms with Crippen LogP contribution in [0.2, 0.25) is 0 Å². The number of amides is 1. The quantitative estimate of drug-likeness (QED) is 0.611. The second-order valence-electron chi connectivity index (χ2n) is 7.15. The van der Waals surface area contributed by atoms with Crippen LogP contribution in [0, 0.1) is 0 Å². The number of benzene rings is 1. The van der Waals surface area contributed by atoms with E-state index in [2.05, 4.69) is 15.2 Å². The van der Waals surface area contributed by atoms with Gasteiger partial charge in [-0.25, -0.2) is 0 Å². The van der Waals surface area contributed by atoms with E-state index in [1.165, 1.54) is 0 Å². The minimum absolute atomic E-state index is 0.00367. The Morgan fingerprint density at radius 1 is 1.24 bits per heavy atom. The van der Waals surface area contributed by atoms with Crippen molar-refractivity contribution in [1.29, 1.82) is 0 Å². The highest BCUT2D eigenvalue weighted by Crippen LogP contribution is 2.26. The first-order valence-electron chi connectivity index (χ1n) is 10.00. The van der Waals surface area contributed by atoms with Gasteiger partial charge in [-0.05, 0) is 31.4 Å². The largest absolute Gasteiger partial charge is 0.367 e. The summed E-state index contributed by atoms with van der Waals surface area (Å²) in [6.07, 6.45) is 3.50. The molecule has 3 aromatic rings. The molecule has 3 heterocycles. The predicted molar refractivity (Wildman–Crippen MR) is 105 cm³/mol. The van der Waals surface area contributed by atoms with Crippen molar-refractivity contribution in [2.45, 2.75) is 45.4 Å². The molecule has 1 fully saturated rings. The molecule has 0 spiro atoms. The first kappa shape index (κ1) is 19.3. The maximum atomic E-state index is 12.9. The molecule has 0 saturated carbocycles. The van der Waals surface area contributed by atoms with Crippen LogP contribution in [0.15, 0.2) is 47.1 Å². The van der Waals surface area contributed by atoms with Gasteiger partial charge in [0.15, 0.2) is 5.82 Å². The highest BCUT2D eigenvalue weighted by atomic mass is 16.5. The number of carbonyl (C=O) groups excluding carboxylic acids is 1. The van der Waals surface area contributed by atoms with Gasteiger partial charge in [-0.3, -0.25) is 9.48 Å². The minimum atomic E-state index is 0.00367. The second kappa shape index (κ2) is 9.00. The normalized spacial score (nSPS) is 16.9. The molecule has 0 aliphatic carbocycles. The van der Waals surface area contributed by atoms with Gasteiger partial charge >= 0.3 is 0 Å². The van der Waals surface area contributed by atoms with Gasteiger partial charge in [0.25, 0.3) is 11.8 Å². The molecule has 0 radical (unpaired) electrons. The zero-order valence-electron chi connectivity index (χ0n) is 16.5. The van der Waals surface area contributed by atoms with E-state index >= 15 is 0 Å². The van der Waals surface area contributed by atoms with E-state index in [1.54, 1.807) is 16.9 Å². The molecular formula is C21H25N5O3. The van der Waals surface area contributed by atoms with Gasteiger partial charge in [-0.2, -0.15) is 10.1 Å². The first-order chi connectivity index (χ1) is 14.2. The van der Waals surface area contributed by atoms with Gasteiger partial charge in [-0.15, -0.1) is 0 Å². The summed E-state index contributed by atoms with van der Waals surface area (Å²) in [5, 5.41) is 8.33. The molecule has 0 bridgehead atoms. The summed E-state index contributed by atoms with van der Waals surface area (Å²) in [4.78, 5) is 19.2. The molecule has 1 aliphatic heterocycles. The standard InChI is InChI=1S/C21H25N5O3/c1-2-26-18(10-11-22-26)21(27)25-12-6-9-17(13-25)20-23-19(29-24-20)15-28-14-16-7-4-3-5-8-16/h3-5,7-8,10-11,17H,2,6,9,12-15H2,1H3. The minimum Gasteiger partial charge on any atom is -0.367 e. The molecule has 152 valence electrons. The van der Waals surface area contributed by atoms with Crippen molar-refractivity contribution in [2.75, 3.05) is 13.1 Å². The number of aryl methyl sites for hydroxylation is 1. The average molecular weight is 395 g/mol. The van der Waals surface area contributed by atoms with Crippen LogP contribution in [0.4, 0.5) is 0 Å². The van der Waals surface area contributed by atoms with Crippen LogP contribution in [0.3, 0.4) is 0 Å². The van der Waals surface area contributed by atoms with Crippen molar-refractivity contribution in [3.8, 4) is 0 Å². The van der Waals surface area contributed by atoms with Crippen LogP contribution in [-0.2, 0) is 24.5 Å². The van der Waals surface area contributed by atoms with Crippen molar-refractivity contribution in [3.63, 3.8) is 0 Å². The lowest BCUT2D eigenvalue weighted by atomic mass is 9.97. The van der Waals surface area contributed by atoms with E-state index < -0.39 is 0 Å². The molecule has 1 saturated heterocycles. The molecule has 0 N–H and O–H groups in total. The number of aromatic nitrogens is 4. The molecule has 1 aromatic carbocycles. The molecule has 2 aromatic heterocycles. The van der Waals surface area contributed by atoms with Gasteiger partial charge < -0.3 is 14.2 Å². The third-order valence-electron chi connectivity index (χ3n) is 5.13. The number of piperidine rings is 1. The predicted octanol–water partition coefficient (Wildman–Crippen LogP) is 3.02. The highest BCUT2D eigenvalue weighted by molar-refractivity contribution is 5.92. The topological polar surface area (TPSA) is 86.3 Å². The smallest absolute Gasteiger partial charge is 0.272 e. The van der Waals surface area contributed by atoms with E-state index in [0.29, 0.717) is 37.1 Å². The Balaban J connectivity index is 1.34. The van der Waals surface area contributed by atoms with Crippen molar-refractivity contribution in [3.05, 3.63) is 65.6 Å². The van der Waals surface area contributed by atoms with Crippen LogP contribution in [-0.4, -0.2) is 43.8 Å². The number of likely N-dealkylation sites (tertiary alicyclic amines) is 1. The maximum Gasteiger partial charge on any atom is 0.272 e. The number of rotatable bonds is 7. The molecule has 1 atom stereocenters. The van der Waals surface area contributed by atoms with Crippen molar-refractivity contribution < 1.29 is 14.1 Å². The number of hydrogen-bond acceptors (Lipinski definition) is 6. The van der Waals surface area contributed by atoms with Gasteiger partial charge in [0.2, 0.25) is 0 Å². The molecule has 8 heteroatoms. The molecule has 1 unspecified atom stereocenters. The fourth-order valence-corrected chi connectivity index (χ4v) is 3.62. The van der Waals surface area contributed by atoms with Gasteiger partial charge in [-0.1, -0.05) is 35.5 Å². The summed E-state index contributed by atoms with van der Waals surface area (Å²) in [6.45, 7) is 4.72. The lowest BCUT2D eigenvalue weighted by Crippen LogP contribution is -2.40. The van der Waals surface area contributed by atoms with E-state index in [9.17, 15) is 4.79 Å². The monoisotopic (exact) mass is 395 g/mol. The molecule has 8 nitrogen and oxygen atoms in total. The van der Waals surface area contributed by atoms with E-state index in [1.807, 2.05) is 42.2 Å². The SMILES string of the molecule is CCn1nccc1C(=O)N1CCCC(c2noc(COCc3ccccc3)n2)C1. The number of carbonyl (C=O) groups is 1. The number of nitrogens with zero attached hydrogens (tertiary/aromatic N) is 5. The zero-order chi connectivity index (χ0) is 20.1. The van der Waals surface area contributed by atoms with Crippen molar-refractivity contribution in [1.82, 2.24) is 24.8 Å². The van der Waals surface area contributed by atoms with Crippen LogP contribution in [0.25, 0.3) is 0 Å². The summed E-state index contributed by atoms with van der Waals surface area (Å²) >= 11 is 0. The van der Waals surface area contributed by atoms with Crippen LogP contribution < -0.4 is 0 Å². The van der Waals surface area contributed by atoms with Crippen molar-refractivity contribution >= 4 is 5.91 Å². The lowest BCUT2D eigenvalue weighted by molar-refractivity contribution is 0.0691. The lowest BCUT2D eigenvalue weighted by Gasteiger charge is -2.31. The summed E-state index contributed by atoms with van der Waals surface area (Å²) in [6, 6.07) is 11.7. The van der Waals surface area contributed by atoms with Gasteiger partial charge in [0.1, 0.15) is 12.3 Å².